The monoisotopic (exact) mass is 505 g/mol. The standard InChI is InChI=1S/C21H29NO.2C4H3NO2/c1-6-7-8-16-14-19(21(3,4)5)20(13-15(16)2)23-18-11-9-17(22)10-12-18;2*6-3-1-2-4(7)5-3/h9-14H,6-8,22H2,1-5H3;2*1-2H,(H,5,6,7). The van der Waals surface area contributed by atoms with Gasteiger partial charge in [0.1, 0.15) is 11.5 Å². The second-order valence-electron chi connectivity index (χ2n) is 9.67. The van der Waals surface area contributed by atoms with Crippen molar-refractivity contribution in [3.05, 3.63) is 77.4 Å². The molecular weight excluding hydrogens is 470 g/mol. The first-order chi connectivity index (χ1) is 17.4. The van der Waals surface area contributed by atoms with Gasteiger partial charge in [-0.05, 0) is 66.6 Å². The predicted octanol–water partition coefficient (Wildman–Crippen LogP) is 4.41. The van der Waals surface area contributed by atoms with E-state index in [0.29, 0.717) is 0 Å². The normalized spacial score (nSPS) is 13.9. The minimum absolute atomic E-state index is 0.0395. The van der Waals surface area contributed by atoms with Gasteiger partial charge in [-0.25, -0.2) is 0 Å². The molecule has 8 nitrogen and oxygen atoms in total. The first kappa shape index (κ1) is 29.0. The van der Waals surface area contributed by atoms with E-state index >= 15 is 0 Å². The van der Waals surface area contributed by atoms with Gasteiger partial charge in [0.15, 0.2) is 0 Å². The topological polar surface area (TPSA) is 128 Å². The summed E-state index contributed by atoms with van der Waals surface area (Å²) in [6.45, 7) is 11.1. The summed E-state index contributed by atoms with van der Waals surface area (Å²) in [5.41, 5.74) is 10.5. The fourth-order valence-electron chi connectivity index (χ4n) is 3.41. The number of nitrogens with one attached hydrogen (secondary N) is 2. The smallest absolute Gasteiger partial charge is 0.250 e. The Morgan fingerprint density at radius 1 is 0.811 bits per heavy atom. The van der Waals surface area contributed by atoms with E-state index in [1.165, 1.54) is 53.8 Å². The summed E-state index contributed by atoms with van der Waals surface area (Å²) in [4.78, 5) is 40.1. The second kappa shape index (κ2) is 13.2. The molecule has 0 unspecified atom stereocenters. The van der Waals surface area contributed by atoms with Crippen LogP contribution in [0, 0.1) is 6.92 Å². The maximum Gasteiger partial charge on any atom is 0.250 e. The largest absolute Gasteiger partial charge is 0.457 e. The van der Waals surface area contributed by atoms with E-state index in [4.69, 9.17) is 10.5 Å². The molecule has 4 amide bonds. The number of rotatable bonds is 5. The molecule has 2 aliphatic rings. The molecule has 4 N–H and O–H groups in total. The zero-order chi connectivity index (χ0) is 27.6. The Morgan fingerprint density at radius 3 is 1.68 bits per heavy atom. The van der Waals surface area contributed by atoms with E-state index < -0.39 is 0 Å². The molecule has 0 spiro atoms. The Morgan fingerprint density at radius 2 is 1.30 bits per heavy atom. The molecule has 8 heteroatoms. The van der Waals surface area contributed by atoms with Crippen LogP contribution < -0.4 is 21.1 Å². The van der Waals surface area contributed by atoms with Gasteiger partial charge in [-0.3, -0.25) is 29.8 Å². The molecule has 2 heterocycles. The summed E-state index contributed by atoms with van der Waals surface area (Å²) in [6, 6.07) is 12.1. The van der Waals surface area contributed by atoms with Crippen LogP contribution in [0.2, 0.25) is 0 Å². The third-order valence-electron chi connectivity index (χ3n) is 5.42. The predicted molar refractivity (Wildman–Crippen MR) is 144 cm³/mol. The van der Waals surface area contributed by atoms with Crippen molar-refractivity contribution in [1.82, 2.24) is 10.6 Å². The molecule has 0 fully saturated rings. The maximum atomic E-state index is 10.0. The lowest BCUT2D eigenvalue weighted by Crippen LogP contribution is -2.19. The van der Waals surface area contributed by atoms with Gasteiger partial charge < -0.3 is 10.5 Å². The van der Waals surface area contributed by atoms with Crippen LogP contribution in [0.1, 0.15) is 57.2 Å². The molecule has 37 heavy (non-hydrogen) atoms. The Kier molecular flexibility index (Phi) is 10.4. The quantitative estimate of drug-likeness (QED) is 0.408. The maximum absolute atomic E-state index is 10.0. The summed E-state index contributed by atoms with van der Waals surface area (Å²) < 4.78 is 6.18. The van der Waals surface area contributed by atoms with Crippen molar-refractivity contribution < 1.29 is 23.9 Å². The highest BCUT2D eigenvalue weighted by atomic mass is 16.5. The number of aryl methyl sites for hydroxylation is 2. The lowest BCUT2D eigenvalue weighted by atomic mass is 9.83. The Balaban J connectivity index is 0.000000276. The number of imide groups is 2. The van der Waals surface area contributed by atoms with Crippen LogP contribution in [0.4, 0.5) is 5.69 Å². The lowest BCUT2D eigenvalue weighted by Gasteiger charge is -2.25. The third-order valence-corrected chi connectivity index (χ3v) is 5.42. The number of hydrogen-bond donors (Lipinski definition) is 3. The molecule has 0 saturated carbocycles. The first-order valence-electron chi connectivity index (χ1n) is 12.1. The molecule has 2 aromatic carbocycles. The van der Waals surface area contributed by atoms with Crippen LogP contribution in [0.5, 0.6) is 11.5 Å². The molecule has 196 valence electrons. The van der Waals surface area contributed by atoms with Crippen molar-refractivity contribution in [2.75, 3.05) is 5.73 Å². The SMILES string of the molecule is CCCCc1cc(C(C)(C)C)c(Oc2ccc(N)cc2)cc1C.O=C1C=CC(=O)N1.O=C1C=CC(=O)N1. The van der Waals surface area contributed by atoms with Crippen LogP contribution in [0.15, 0.2) is 60.7 Å². The molecule has 0 saturated heterocycles. The molecule has 0 bridgehead atoms. The molecule has 0 radical (unpaired) electrons. The molecule has 0 atom stereocenters. The van der Waals surface area contributed by atoms with E-state index in [1.807, 2.05) is 34.9 Å². The number of carbonyl (C=O) groups is 4. The summed E-state index contributed by atoms with van der Waals surface area (Å²) >= 11 is 0. The molecule has 2 aromatic rings. The zero-order valence-electron chi connectivity index (χ0n) is 22.0. The number of benzene rings is 2. The van der Waals surface area contributed by atoms with Gasteiger partial charge in [0.2, 0.25) is 0 Å². The molecule has 0 aromatic heterocycles. The fourth-order valence-corrected chi connectivity index (χ4v) is 3.41. The summed E-state index contributed by atoms with van der Waals surface area (Å²) in [5.74, 6) is 0.454. The number of carbonyl (C=O) groups excluding carboxylic acids is 4. The Labute approximate surface area is 218 Å². The van der Waals surface area contributed by atoms with Crippen molar-refractivity contribution >= 4 is 29.3 Å². The second-order valence-corrected chi connectivity index (χ2v) is 9.67. The number of amides is 4. The van der Waals surface area contributed by atoms with Crippen LogP contribution in [-0.4, -0.2) is 23.6 Å². The number of ether oxygens (including phenoxy) is 1. The number of anilines is 1. The van der Waals surface area contributed by atoms with Gasteiger partial charge in [-0.1, -0.05) is 40.2 Å². The number of hydrogen-bond acceptors (Lipinski definition) is 6. The van der Waals surface area contributed by atoms with Crippen LogP contribution in [0.25, 0.3) is 0 Å². The minimum Gasteiger partial charge on any atom is -0.457 e. The Bertz CT molecular complexity index is 1140. The van der Waals surface area contributed by atoms with E-state index in [0.717, 1.165) is 23.6 Å². The van der Waals surface area contributed by atoms with E-state index in [9.17, 15) is 19.2 Å². The van der Waals surface area contributed by atoms with E-state index in [1.54, 1.807) is 0 Å². The Hall–Kier alpha value is -4.20. The number of nitrogen functional groups attached to an aromatic ring is 1. The van der Waals surface area contributed by atoms with E-state index in [2.05, 4.69) is 46.8 Å². The van der Waals surface area contributed by atoms with Gasteiger partial charge >= 0.3 is 0 Å². The van der Waals surface area contributed by atoms with Gasteiger partial charge in [-0.15, -0.1) is 0 Å². The average Bonchev–Trinajstić information content (AvgIpc) is 3.40. The van der Waals surface area contributed by atoms with Gasteiger partial charge in [0.05, 0.1) is 0 Å². The average molecular weight is 506 g/mol. The fraction of sp³-hybridized carbons (Fsp3) is 0.310. The van der Waals surface area contributed by atoms with Gasteiger partial charge in [-0.2, -0.15) is 0 Å². The van der Waals surface area contributed by atoms with Gasteiger partial charge in [0.25, 0.3) is 23.6 Å². The molecule has 4 rings (SSSR count). The van der Waals surface area contributed by atoms with Crippen molar-refractivity contribution in [2.24, 2.45) is 0 Å². The number of nitrogens with two attached hydrogens (primary N) is 1. The highest BCUT2D eigenvalue weighted by molar-refractivity contribution is 6.13. The lowest BCUT2D eigenvalue weighted by molar-refractivity contribution is -0.125. The summed E-state index contributed by atoms with van der Waals surface area (Å²) in [5, 5.41) is 4.06. The van der Waals surface area contributed by atoms with Crippen LogP contribution in [-0.2, 0) is 31.0 Å². The summed E-state index contributed by atoms with van der Waals surface area (Å²) in [6.07, 6.45) is 8.36. The zero-order valence-corrected chi connectivity index (χ0v) is 22.0. The molecular formula is C29H35N3O5. The minimum atomic E-state index is -0.329. The summed E-state index contributed by atoms with van der Waals surface area (Å²) in [7, 11) is 0. The van der Waals surface area contributed by atoms with Crippen molar-refractivity contribution in [2.45, 2.75) is 59.3 Å². The molecule has 2 aliphatic heterocycles. The van der Waals surface area contributed by atoms with Gasteiger partial charge in [0, 0.05) is 35.6 Å². The van der Waals surface area contributed by atoms with Crippen molar-refractivity contribution in [1.29, 1.82) is 0 Å². The number of unbranched alkanes of at least 4 members (excludes halogenated alkanes) is 1. The van der Waals surface area contributed by atoms with E-state index in [-0.39, 0.29) is 29.0 Å². The van der Waals surface area contributed by atoms with Crippen molar-refractivity contribution in [3.8, 4) is 11.5 Å². The third kappa shape index (κ3) is 9.76. The van der Waals surface area contributed by atoms with Crippen LogP contribution in [0.3, 0.4) is 0 Å². The highest BCUT2D eigenvalue weighted by Crippen LogP contribution is 2.37. The van der Waals surface area contributed by atoms with Crippen LogP contribution >= 0.6 is 0 Å². The van der Waals surface area contributed by atoms with Crippen molar-refractivity contribution in [3.63, 3.8) is 0 Å². The highest BCUT2D eigenvalue weighted by Gasteiger charge is 2.21. The first-order valence-corrected chi connectivity index (χ1v) is 12.1. The molecule has 0 aliphatic carbocycles.